The lowest BCUT2D eigenvalue weighted by Gasteiger charge is -2.27. The molecule has 2 aliphatic heterocycles. The number of hydrogen-bond donors (Lipinski definition) is 1. The second kappa shape index (κ2) is 3.58. The SMILES string of the molecule is Fc1ccc(CN2C[C@H]3C[C@@H]2CN3)cc1. The van der Waals surface area contributed by atoms with Gasteiger partial charge in [-0.25, -0.2) is 4.39 Å². The van der Waals surface area contributed by atoms with Gasteiger partial charge < -0.3 is 5.32 Å². The summed E-state index contributed by atoms with van der Waals surface area (Å²) >= 11 is 0. The summed E-state index contributed by atoms with van der Waals surface area (Å²) < 4.78 is 12.7. The maximum absolute atomic E-state index is 12.7. The van der Waals surface area contributed by atoms with Crippen molar-refractivity contribution in [3.8, 4) is 0 Å². The van der Waals surface area contributed by atoms with Gasteiger partial charge in [-0.3, -0.25) is 4.90 Å². The lowest BCUT2D eigenvalue weighted by atomic mass is 10.2. The lowest BCUT2D eigenvalue weighted by Crippen LogP contribution is -2.42. The summed E-state index contributed by atoms with van der Waals surface area (Å²) in [5.74, 6) is -0.150. The highest BCUT2D eigenvalue weighted by Crippen LogP contribution is 2.24. The minimum absolute atomic E-state index is 0.150. The summed E-state index contributed by atoms with van der Waals surface area (Å²) in [5.41, 5.74) is 1.21. The lowest BCUT2D eigenvalue weighted by molar-refractivity contribution is 0.218. The Hall–Kier alpha value is -0.930. The van der Waals surface area contributed by atoms with Crippen LogP contribution in [0.4, 0.5) is 4.39 Å². The van der Waals surface area contributed by atoms with Gasteiger partial charge in [0.1, 0.15) is 5.82 Å². The van der Waals surface area contributed by atoms with Crippen molar-refractivity contribution >= 4 is 0 Å². The molecule has 0 aromatic heterocycles. The highest BCUT2D eigenvalue weighted by Gasteiger charge is 2.37. The van der Waals surface area contributed by atoms with Crippen molar-refractivity contribution in [2.75, 3.05) is 13.1 Å². The highest BCUT2D eigenvalue weighted by molar-refractivity contribution is 5.16. The van der Waals surface area contributed by atoms with Crippen LogP contribution in [0.3, 0.4) is 0 Å². The van der Waals surface area contributed by atoms with E-state index in [2.05, 4.69) is 10.2 Å². The number of halogens is 1. The molecule has 2 bridgehead atoms. The first-order chi connectivity index (χ1) is 7.31. The summed E-state index contributed by atoms with van der Waals surface area (Å²) in [5, 5.41) is 3.48. The van der Waals surface area contributed by atoms with Crippen molar-refractivity contribution in [1.29, 1.82) is 0 Å². The average molecular weight is 206 g/mol. The third-order valence-electron chi connectivity index (χ3n) is 3.47. The Labute approximate surface area is 89.1 Å². The number of benzene rings is 1. The molecule has 0 amide bonds. The minimum atomic E-state index is -0.150. The molecule has 1 aromatic carbocycles. The molecule has 2 saturated heterocycles. The van der Waals surface area contributed by atoms with Crippen molar-refractivity contribution in [1.82, 2.24) is 10.2 Å². The van der Waals surface area contributed by atoms with Crippen molar-refractivity contribution < 1.29 is 4.39 Å². The number of hydrogen-bond acceptors (Lipinski definition) is 2. The Bertz CT molecular complexity index is 349. The zero-order valence-corrected chi connectivity index (χ0v) is 8.62. The average Bonchev–Trinajstić information content (AvgIpc) is 2.83. The number of nitrogens with one attached hydrogen (secondary N) is 1. The van der Waals surface area contributed by atoms with E-state index < -0.39 is 0 Å². The molecule has 3 heteroatoms. The molecule has 3 rings (SSSR count). The Morgan fingerprint density at radius 3 is 2.73 bits per heavy atom. The maximum atomic E-state index is 12.7. The largest absolute Gasteiger partial charge is 0.311 e. The highest BCUT2D eigenvalue weighted by atomic mass is 19.1. The van der Waals surface area contributed by atoms with E-state index >= 15 is 0 Å². The van der Waals surface area contributed by atoms with Gasteiger partial charge in [-0.15, -0.1) is 0 Å². The molecule has 2 fully saturated rings. The molecule has 0 unspecified atom stereocenters. The summed E-state index contributed by atoms with van der Waals surface area (Å²) in [6, 6.07) is 8.24. The Balaban J connectivity index is 1.68. The summed E-state index contributed by atoms with van der Waals surface area (Å²) in [4.78, 5) is 2.49. The van der Waals surface area contributed by atoms with Crippen molar-refractivity contribution in [3.63, 3.8) is 0 Å². The second-order valence-electron chi connectivity index (χ2n) is 4.55. The van der Waals surface area contributed by atoms with Gasteiger partial charge in [0.05, 0.1) is 0 Å². The molecule has 80 valence electrons. The van der Waals surface area contributed by atoms with Crippen LogP contribution >= 0.6 is 0 Å². The molecule has 2 aliphatic rings. The van der Waals surface area contributed by atoms with Gasteiger partial charge in [-0.1, -0.05) is 12.1 Å². The molecule has 15 heavy (non-hydrogen) atoms. The topological polar surface area (TPSA) is 15.3 Å². The molecule has 0 saturated carbocycles. The first kappa shape index (κ1) is 9.31. The summed E-state index contributed by atoms with van der Waals surface area (Å²) in [6.07, 6.45) is 1.28. The van der Waals surface area contributed by atoms with Crippen LogP contribution in [-0.2, 0) is 6.54 Å². The molecule has 2 heterocycles. The van der Waals surface area contributed by atoms with Crippen molar-refractivity contribution in [2.24, 2.45) is 0 Å². The van der Waals surface area contributed by atoms with E-state index in [1.165, 1.54) is 12.0 Å². The van der Waals surface area contributed by atoms with Crippen LogP contribution in [0.25, 0.3) is 0 Å². The van der Waals surface area contributed by atoms with Crippen LogP contribution in [0.1, 0.15) is 12.0 Å². The predicted molar refractivity (Wildman–Crippen MR) is 57.0 cm³/mol. The van der Waals surface area contributed by atoms with Gasteiger partial charge >= 0.3 is 0 Å². The Morgan fingerprint density at radius 2 is 2.13 bits per heavy atom. The molecule has 2 atom stereocenters. The van der Waals surface area contributed by atoms with Crippen LogP contribution in [0.2, 0.25) is 0 Å². The van der Waals surface area contributed by atoms with Gasteiger partial charge in [0.2, 0.25) is 0 Å². The van der Waals surface area contributed by atoms with Gasteiger partial charge in [0, 0.05) is 31.7 Å². The molecular formula is C12H15FN2. The Morgan fingerprint density at radius 1 is 1.33 bits per heavy atom. The van der Waals surface area contributed by atoms with Crippen molar-refractivity contribution in [2.45, 2.75) is 25.0 Å². The van der Waals surface area contributed by atoms with Crippen LogP contribution in [0.5, 0.6) is 0 Å². The van der Waals surface area contributed by atoms with Crippen molar-refractivity contribution in [3.05, 3.63) is 35.6 Å². The second-order valence-corrected chi connectivity index (χ2v) is 4.55. The van der Waals surface area contributed by atoms with Gasteiger partial charge in [0.25, 0.3) is 0 Å². The first-order valence-corrected chi connectivity index (χ1v) is 5.53. The normalized spacial score (nSPS) is 29.9. The van der Waals surface area contributed by atoms with Gasteiger partial charge in [0.15, 0.2) is 0 Å². The fourth-order valence-electron chi connectivity index (χ4n) is 2.67. The fourth-order valence-corrected chi connectivity index (χ4v) is 2.67. The van der Waals surface area contributed by atoms with Crippen LogP contribution < -0.4 is 5.32 Å². The molecule has 0 radical (unpaired) electrons. The third-order valence-corrected chi connectivity index (χ3v) is 3.47. The standard InChI is InChI=1S/C12H15FN2/c13-10-3-1-9(2-4-10)7-15-8-11-5-12(15)6-14-11/h1-4,11-12,14H,5-8H2/t11-,12-/m1/s1. The predicted octanol–water partition coefficient (Wildman–Crippen LogP) is 1.37. The van der Waals surface area contributed by atoms with Gasteiger partial charge in [-0.05, 0) is 24.1 Å². The Kier molecular flexibility index (Phi) is 2.22. The quantitative estimate of drug-likeness (QED) is 0.786. The van der Waals surface area contributed by atoms with E-state index in [0.29, 0.717) is 12.1 Å². The smallest absolute Gasteiger partial charge is 0.123 e. The number of fused-ring (bicyclic) bond motifs is 2. The zero-order valence-electron chi connectivity index (χ0n) is 8.62. The van der Waals surface area contributed by atoms with E-state index in [1.807, 2.05) is 12.1 Å². The van der Waals surface area contributed by atoms with E-state index in [0.717, 1.165) is 19.6 Å². The number of likely N-dealkylation sites (tertiary alicyclic amines) is 1. The van der Waals surface area contributed by atoms with Crippen LogP contribution in [0, 0.1) is 5.82 Å². The fraction of sp³-hybridized carbons (Fsp3) is 0.500. The van der Waals surface area contributed by atoms with Gasteiger partial charge in [-0.2, -0.15) is 0 Å². The monoisotopic (exact) mass is 206 g/mol. The van der Waals surface area contributed by atoms with E-state index in [4.69, 9.17) is 0 Å². The van der Waals surface area contributed by atoms with Crippen LogP contribution in [0.15, 0.2) is 24.3 Å². The number of rotatable bonds is 2. The molecule has 0 spiro atoms. The number of piperazine rings is 1. The zero-order chi connectivity index (χ0) is 10.3. The van der Waals surface area contributed by atoms with E-state index in [1.54, 1.807) is 12.1 Å². The molecule has 1 aromatic rings. The minimum Gasteiger partial charge on any atom is -0.311 e. The molecule has 1 N–H and O–H groups in total. The molecular weight excluding hydrogens is 191 g/mol. The molecule has 2 nitrogen and oxygen atoms in total. The third kappa shape index (κ3) is 1.77. The summed E-state index contributed by atoms with van der Waals surface area (Å²) in [6.45, 7) is 3.22. The van der Waals surface area contributed by atoms with E-state index in [-0.39, 0.29) is 5.82 Å². The van der Waals surface area contributed by atoms with Crippen LogP contribution in [-0.4, -0.2) is 30.1 Å². The first-order valence-electron chi connectivity index (χ1n) is 5.53. The summed E-state index contributed by atoms with van der Waals surface area (Å²) in [7, 11) is 0. The molecule has 0 aliphatic carbocycles. The van der Waals surface area contributed by atoms with E-state index in [9.17, 15) is 4.39 Å². The maximum Gasteiger partial charge on any atom is 0.123 e. The number of nitrogens with zero attached hydrogens (tertiary/aromatic N) is 1.